The molecule has 1 fully saturated rings. The molecule has 0 amide bonds. The summed E-state index contributed by atoms with van der Waals surface area (Å²) in [5, 5.41) is 3.39. The molecule has 1 N–H and O–H groups in total. The number of hydrogen-bond acceptors (Lipinski definition) is 3. The van der Waals surface area contributed by atoms with Gasteiger partial charge in [0.25, 0.3) is 0 Å². The van der Waals surface area contributed by atoms with E-state index in [9.17, 15) is 4.39 Å². The Balaban J connectivity index is 2.05. The zero-order valence-corrected chi connectivity index (χ0v) is 13.5. The molecule has 1 aromatic rings. The third-order valence-electron chi connectivity index (χ3n) is 4.00. The van der Waals surface area contributed by atoms with Gasteiger partial charge in [-0.25, -0.2) is 4.39 Å². The summed E-state index contributed by atoms with van der Waals surface area (Å²) in [6.45, 7) is 12.6. The first-order chi connectivity index (χ1) is 10.1. The third-order valence-corrected chi connectivity index (χ3v) is 4.00. The van der Waals surface area contributed by atoms with Crippen molar-refractivity contribution in [3.05, 3.63) is 29.6 Å². The van der Waals surface area contributed by atoms with Crippen LogP contribution in [-0.2, 0) is 6.54 Å². The molecule has 0 aromatic heterocycles. The van der Waals surface area contributed by atoms with Gasteiger partial charge in [0.1, 0.15) is 5.82 Å². The number of piperazine rings is 1. The summed E-state index contributed by atoms with van der Waals surface area (Å²) in [5.74, 6) is -0.149. The Bertz CT molecular complexity index is 440. The van der Waals surface area contributed by atoms with Gasteiger partial charge in [-0.2, -0.15) is 0 Å². The van der Waals surface area contributed by atoms with E-state index < -0.39 is 0 Å². The van der Waals surface area contributed by atoms with Gasteiger partial charge in [0.05, 0.1) is 0 Å². The van der Waals surface area contributed by atoms with E-state index >= 15 is 0 Å². The number of benzene rings is 1. The third kappa shape index (κ3) is 4.68. The number of anilines is 1. The molecule has 1 heterocycles. The zero-order valence-electron chi connectivity index (χ0n) is 13.5. The Morgan fingerprint density at radius 1 is 1.19 bits per heavy atom. The summed E-state index contributed by atoms with van der Waals surface area (Å²) in [7, 11) is 0. The second kappa shape index (κ2) is 7.76. The molecular weight excluding hydrogens is 265 g/mol. The van der Waals surface area contributed by atoms with Crippen LogP contribution >= 0.6 is 0 Å². The van der Waals surface area contributed by atoms with Crippen LogP contribution in [0.25, 0.3) is 0 Å². The normalized spacial score (nSPS) is 16.7. The number of hydrogen-bond donors (Lipinski definition) is 1. The highest BCUT2D eigenvalue weighted by Gasteiger charge is 2.18. The van der Waals surface area contributed by atoms with Crippen LogP contribution in [0.3, 0.4) is 0 Å². The highest BCUT2D eigenvalue weighted by Crippen LogP contribution is 2.23. The summed E-state index contributed by atoms with van der Waals surface area (Å²) in [5.41, 5.74) is 2.24. The molecule has 1 saturated heterocycles. The Morgan fingerprint density at radius 3 is 2.52 bits per heavy atom. The predicted octanol–water partition coefficient (Wildman–Crippen LogP) is 2.86. The van der Waals surface area contributed by atoms with Crippen LogP contribution in [0.4, 0.5) is 10.1 Å². The predicted molar refractivity (Wildman–Crippen MR) is 87.3 cm³/mol. The minimum atomic E-state index is -0.149. The summed E-state index contributed by atoms with van der Waals surface area (Å²) >= 11 is 0. The molecule has 0 atom stereocenters. The maximum atomic E-state index is 13.5. The Kier molecular flexibility index (Phi) is 6.00. The average Bonchev–Trinajstić information content (AvgIpc) is 2.46. The van der Waals surface area contributed by atoms with Crippen molar-refractivity contribution in [2.45, 2.75) is 39.8 Å². The lowest BCUT2D eigenvalue weighted by atomic mass is 10.1. The molecule has 0 radical (unpaired) electrons. The molecule has 118 valence electrons. The molecule has 3 nitrogen and oxygen atoms in total. The van der Waals surface area contributed by atoms with Crippen LogP contribution in [0.5, 0.6) is 0 Å². The van der Waals surface area contributed by atoms with Crippen LogP contribution in [0.15, 0.2) is 18.2 Å². The standard InChI is InChI=1S/C17H28FN3/c1-4-7-20-8-10-21(11-9-20)17-6-5-16(18)12-15(17)13-19-14(2)3/h5-6,12,14,19H,4,7-11,13H2,1-3H3. The Labute approximate surface area is 128 Å². The lowest BCUT2D eigenvalue weighted by Gasteiger charge is -2.37. The molecule has 0 spiro atoms. The van der Waals surface area contributed by atoms with Gasteiger partial charge < -0.3 is 10.2 Å². The fourth-order valence-electron chi connectivity index (χ4n) is 2.85. The molecule has 2 rings (SSSR count). The summed E-state index contributed by atoms with van der Waals surface area (Å²) in [6, 6.07) is 5.58. The van der Waals surface area contributed by atoms with Gasteiger partial charge in [-0.15, -0.1) is 0 Å². The molecule has 0 unspecified atom stereocenters. The van der Waals surface area contributed by atoms with Crippen LogP contribution in [0.1, 0.15) is 32.8 Å². The molecule has 21 heavy (non-hydrogen) atoms. The van der Waals surface area contributed by atoms with E-state index in [1.165, 1.54) is 18.7 Å². The minimum Gasteiger partial charge on any atom is -0.369 e. The van der Waals surface area contributed by atoms with Crippen molar-refractivity contribution < 1.29 is 4.39 Å². The SMILES string of the molecule is CCCN1CCN(c2ccc(F)cc2CNC(C)C)CC1. The summed E-state index contributed by atoms with van der Waals surface area (Å²) in [6.07, 6.45) is 1.21. The first-order valence-electron chi connectivity index (χ1n) is 8.09. The van der Waals surface area contributed by atoms with E-state index in [-0.39, 0.29) is 5.82 Å². The van der Waals surface area contributed by atoms with E-state index in [0.29, 0.717) is 6.04 Å². The highest BCUT2D eigenvalue weighted by atomic mass is 19.1. The molecular formula is C17H28FN3. The van der Waals surface area contributed by atoms with Crippen molar-refractivity contribution in [3.8, 4) is 0 Å². The van der Waals surface area contributed by atoms with Crippen LogP contribution in [0.2, 0.25) is 0 Å². The van der Waals surface area contributed by atoms with Gasteiger partial charge >= 0.3 is 0 Å². The second-order valence-electron chi connectivity index (χ2n) is 6.14. The van der Waals surface area contributed by atoms with Crippen LogP contribution in [0, 0.1) is 5.82 Å². The molecule has 0 aliphatic carbocycles. The quantitative estimate of drug-likeness (QED) is 0.870. The van der Waals surface area contributed by atoms with Crippen LogP contribution in [-0.4, -0.2) is 43.7 Å². The fourth-order valence-corrected chi connectivity index (χ4v) is 2.85. The van der Waals surface area contributed by atoms with E-state index in [1.807, 2.05) is 6.07 Å². The highest BCUT2D eigenvalue weighted by molar-refractivity contribution is 5.54. The molecule has 0 saturated carbocycles. The second-order valence-corrected chi connectivity index (χ2v) is 6.14. The van der Waals surface area contributed by atoms with Crippen molar-refractivity contribution in [2.24, 2.45) is 0 Å². The summed E-state index contributed by atoms with van der Waals surface area (Å²) in [4.78, 5) is 4.90. The van der Waals surface area contributed by atoms with E-state index in [1.54, 1.807) is 12.1 Å². The summed E-state index contributed by atoms with van der Waals surface area (Å²) < 4.78 is 13.5. The molecule has 1 aromatic carbocycles. The van der Waals surface area contributed by atoms with Crippen molar-refractivity contribution in [3.63, 3.8) is 0 Å². The number of rotatable bonds is 6. The van der Waals surface area contributed by atoms with Crippen molar-refractivity contribution in [1.29, 1.82) is 0 Å². The van der Waals surface area contributed by atoms with E-state index in [0.717, 1.165) is 38.3 Å². The number of halogens is 1. The maximum Gasteiger partial charge on any atom is 0.123 e. The minimum absolute atomic E-state index is 0.149. The number of nitrogens with one attached hydrogen (secondary N) is 1. The molecule has 0 bridgehead atoms. The molecule has 1 aliphatic heterocycles. The molecule has 1 aliphatic rings. The van der Waals surface area contributed by atoms with Gasteiger partial charge in [-0.1, -0.05) is 20.8 Å². The Morgan fingerprint density at radius 2 is 1.90 bits per heavy atom. The van der Waals surface area contributed by atoms with E-state index in [2.05, 4.69) is 35.9 Å². The topological polar surface area (TPSA) is 18.5 Å². The zero-order chi connectivity index (χ0) is 15.2. The first kappa shape index (κ1) is 16.2. The van der Waals surface area contributed by atoms with Gasteiger partial charge in [-0.05, 0) is 36.7 Å². The van der Waals surface area contributed by atoms with Crippen LogP contribution < -0.4 is 10.2 Å². The maximum absolute atomic E-state index is 13.5. The fraction of sp³-hybridized carbons (Fsp3) is 0.647. The van der Waals surface area contributed by atoms with Gasteiger partial charge in [0.15, 0.2) is 0 Å². The number of nitrogens with zero attached hydrogens (tertiary/aromatic N) is 2. The lowest BCUT2D eigenvalue weighted by molar-refractivity contribution is 0.258. The molecule has 4 heteroatoms. The lowest BCUT2D eigenvalue weighted by Crippen LogP contribution is -2.47. The first-order valence-corrected chi connectivity index (χ1v) is 8.09. The Hall–Kier alpha value is -1.13. The largest absolute Gasteiger partial charge is 0.369 e. The van der Waals surface area contributed by atoms with Gasteiger partial charge in [0.2, 0.25) is 0 Å². The average molecular weight is 293 g/mol. The van der Waals surface area contributed by atoms with Gasteiger partial charge in [0, 0.05) is 44.5 Å². The van der Waals surface area contributed by atoms with Crippen molar-refractivity contribution >= 4 is 5.69 Å². The smallest absolute Gasteiger partial charge is 0.123 e. The van der Waals surface area contributed by atoms with Crippen molar-refractivity contribution in [1.82, 2.24) is 10.2 Å². The van der Waals surface area contributed by atoms with E-state index in [4.69, 9.17) is 0 Å². The monoisotopic (exact) mass is 293 g/mol. The van der Waals surface area contributed by atoms with Gasteiger partial charge in [-0.3, -0.25) is 4.90 Å². The van der Waals surface area contributed by atoms with Crippen molar-refractivity contribution in [2.75, 3.05) is 37.6 Å².